The fourth-order valence-corrected chi connectivity index (χ4v) is 2.11. The molecule has 21 heavy (non-hydrogen) atoms. The van der Waals surface area contributed by atoms with Crippen LogP contribution >= 0.6 is 0 Å². The molecule has 0 spiro atoms. The Bertz CT molecular complexity index is 513. The van der Waals surface area contributed by atoms with Crippen molar-refractivity contribution in [1.82, 2.24) is 15.5 Å². The Morgan fingerprint density at radius 2 is 2.05 bits per heavy atom. The number of aromatic nitrogens is 2. The van der Waals surface area contributed by atoms with E-state index in [1.807, 2.05) is 25.1 Å². The number of hydrogen-bond donors (Lipinski definition) is 1. The molecule has 0 aliphatic rings. The van der Waals surface area contributed by atoms with E-state index in [2.05, 4.69) is 34.5 Å². The maximum Gasteiger partial charge on any atom is 0.228 e. The van der Waals surface area contributed by atoms with Crippen molar-refractivity contribution in [3.05, 3.63) is 47.6 Å². The number of benzene rings is 1. The summed E-state index contributed by atoms with van der Waals surface area (Å²) in [5.74, 6) is 1.25. The van der Waals surface area contributed by atoms with Crippen molar-refractivity contribution in [2.24, 2.45) is 0 Å². The van der Waals surface area contributed by atoms with Crippen LogP contribution in [0.1, 0.15) is 43.6 Å². The van der Waals surface area contributed by atoms with Gasteiger partial charge in [0.2, 0.25) is 5.89 Å². The van der Waals surface area contributed by atoms with Crippen molar-refractivity contribution in [3.8, 4) is 0 Å². The number of ether oxygens (including phenoxy) is 1. The van der Waals surface area contributed by atoms with Crippen LogP contribution in [0.4, 0.5) is 0 Å². The quantitative estimate of drug-likeness (QED) is 0.769. The second-order valence-corrected chi connectivity index (χ2v) is 4.86. The Labute approximate surface area is 125 Å². The first-order valence-electron chi connectivity index (χ1n) is 7.51. The van der Waals surface area contributed by atoms with Crippen LogP contribution in [0.5, 0.6) is 0 Å². The number of nitrogens with zero attached hydrogens (tertiary/aromatic N) is 2. The molecule has 0 aliphatic carbocycles. The summed E-state index contributed by atoms with van der Waals surface area (Å²) in [6.07, 6.45) is 1.77. The van der Waals surface area contributed by atoms with E-state index >= 15 is 0 Å². The molecule has 1 aromatic heterocycles. The summed E-state index contributed by atoms with van der Waals surface area (Å²) in [5.41, 5.74) is 1.23. The minimum Gasteiger partial charge on any atom is -0.374 e. The second-order valence-electron chi connectivity index (χ2n) is 4.86. The molecule has 0 aliphatic heterocycles. The topological polar surface area (TPSA) is 60.2 Å². The highest BCUT2D eigenvalue weighted by molar-refractivity contribution is 5.19. The first kappa shape index (κ1) is 15.7. The highest BCUT2D eigenvalue weighted by Crippen LogP contribution is 2.17. The van der Waals surface area contributed by atoms with Crippen molar-refractivity contribution in [3.63, 3.8) is 0 Å². The monoisotopic (exact) mass is 289 g/mol. The van der Waals surface area contributed by atoms with Crippen LogP contribution in [0.15, 0.2) is 34.9 Å². The minimum atomic E-state index is 0.187. The molecule has 2 aromatic rings. The Balaban J connectivity index is 2.02. The molecule has 2 rings (SSSR count). The molecule has 0 saturated carbocycles. The molecular formula is C16H23N3O2. The van der Waals surface area contributed by atoms with E-state index in [-0.39, 0.29) is 6.04 Å². The Morgan fingerprint density at radius 3 is 2.76 bits per heavy atom. The van der Waals surface area contributed by atoms with Crippen LogP contribution in [0.3, 0.4) is 0 Å². The van der Waals surface area contributed by atoms with Crippen LogP contribution in [-0.2, 0) is 17.8 Å². The van der Waals surface area contributed by atoms with E-state index in [1.165, 1.54) is 5.56 Å². The largest absolute Gasteiger partial charge is 0.374 e. The van der Waals surface area contributed by atoms with Gasteiger partial charge in [0.15, 0.2) is 5.82 Å². The van der Waals surface area contributed by atoms with Gasteiger partial charge in [0, 0.05) is 19.1 Å². The molecule has 0 bridgehead atoms. The van der Waals surface area contributed by atoms with Gasteiger partial charge in [-0.2, -0.15) is 4.98 Å². The highest BCUT2D eigenvalue weighted by Gasteiger charge is 2.15. The third-order valence-electron chi connectivity index (χ3n) is 3.17. The maximum atomic E-state index is 5.31. The molecule has 1 atom stereocenters. The molecule has 114 valence electrons. The average Bonchev–Trinajstić information content (AvgIpc) is 2.97. The van der Waals surface area contributed by atoms with Crippen molar-refractivity contribution < 1.29 is 9.26 Å². The van der Waals surface area contributed by atoms with Crippen LogP contribution in [0.25, 0.3) is 0 Å². The predicted molar refractivity (Wildman–Crippen MR) is 80.8 cm³/mol. The molecule has 0 fully saturated rings. The molecule has 1 heterocycles. The summed E-state index contributed by atoms with van der Waals surface area (Å²) in [6.45, 7) is 6.11. The van der Waals surface area contributed by atoms with Crippen LogP contribution in [0.2, 0.25) is 0 Å². The molecule has 0 amide bonds. The third kappa shape index (κ3) is 4.95. The molecule has 0 radical (unpaired) electrons. The van der Waals surface area contributed by atoms with Gasteiger partial charge in [-0.1, -0.05) is 42.4 Å². The molecule has 1 N–H and O–H groups in total. The fraction of sp³-hybridized carbons (Fsp3) is 0.500. The summed E-state index contributed by atoms with van der Waals surface area (Å²) in [7, 11) is 0. The van der Waals surface area contributed by atoms with Crippen molar-refractivity contribution in [1.29, 1.82) is 0 Å². The molecule has 0 saturated heterocycles. The SMILES string of the molecule is CCCNC(Cc1nc(COCC)no1)c1ccccc1. The van der Waals surface area contributed by atoms with Gasteiger partial charge in [0.05, 0.1) is 0 Å². The Hall–Kier alpha value is -1.72. The Kier molecular flexibility index (Phi) is 6.37. The van der Waals surface area contributed by atoms with Gasteiger partial charge in [-0.25, -0.2) is 0 Å². The lowest BCUT2D eigenvalue weighted by Crippen LogP contribution is -2.24. The van der Waals surface area contributed by atoms with Crippen molar-refractivity contribution in [2.45, 2.75) is 39.3 Å². The molecular weight excluding hydrogens is 266 g/mol. The predicted octanol–water partition coefficient (Wildman–Crippen LogP) is 2.89. The first-order chi connectivity index (χ1) is 10.3. The van der Waals surface area contributed by atoms with Gasteiger partial charge in [0.25, 0.3) is 0 Å². The zero-order valence-electron chi connectivity index (χ0n) is 12.7. The lowest BCUT2D eigenvalue weighted by molar-refractivity contribution is 0.126. The number of rotatable bonds is 9. The van der Waals surface area contributed by atoms with Crippen LogP contribution < -0.4 is 5.32 Å². The zero-order chi connectivity index (χ0) is 14.9. The van der Waals surface area contributed by atoms with Gasteiger partial charge >= 0.3 is 0 Å². The molecule has 5 nitrogen and oxygen atoms in total. The lowest BCUT2D eigenvalue weighted by Gasteiger charge is -2.17. The summed E-state index contributed by atoms with van der Waals surface area (Å²) in [6, 6.07) is 10.5. The fourth-order valence-electron chi connectivity index (χ4n) is 2.11. The minimum absolute atomic E-state index is 0.187. The highest BCUT2D eigenvalue weighted by atomic mass is 16.5. The number of nitrogens with one attached hydrogen (secondary N) is 1. The summed E-state index contributed by atoms with van der Waals surface area (Å²) >= 11 is 0. The third-order valence-corrected chi connectivity index (χ3v) is 3.17. The second kappa shape index (κ2) is 8.54. The molecule has 1 unspecified atom stereocenters. The van der Waals surface area contributed by atoms with E-state index in [4.69, 9.17) is 9.26 Å². The molecule has 1 aromatic carbocycles. The Morgan fingerprint density at radius 1 is 1.24 bits per heavy atom. The standard InChI is InChI=1S/C16H23N3O2/c1-3-10-17-14(13-8-6-5-7-9-13)11-16-18-15(19-21-16)12-20-4-2/h5-9,14,17H,3-4,10-12H2,1-2H3. The van der Waals surface area contributed by atoms with Crippen molar-refractivity contribution >= 4 is 0 Å². The lowest BCUT2D eigenvalue weighted by atomic mass is 10.0. The summed E-state index contributed by atoms with van der Waals surface area (Å²) in [4.78, 5) is 4.38. The van der Waals surface area contributed by atoms with Gasteiger partial charge in [-0.05, 0) is 25.5 Å². The van der Waals surface area contributed by atoms with Gasteiger partial charge in [-0.3, -0.25) is 0 Å². The normalized spacial score (nSPS) is 12.5. The van der Waals surface area contributed by atoms with E-state index in [0.29, 0.717) is 31.3 Å². The average molecular weight is 289 g/mol. The zero-order valence-corrected chi connectivity index (χ0v) is 12.7. The van der Waals surface area contributed by atoms with Gasteiger partial charge in [-0.15, -0.1) is 0 Å². The van der Waals surface area contributed by atoms with Crippen LogP contribution in [0, 0.1) is 0 Å². The van der Waals surface area contributed by atoms with E-state index < -0.39 is 0 Å². The number of hydrogen-bond acceptors (Lipinski definition) is 5. The van der Waals surface area contributed by atoms with Crippen molar-refractivity contribution in [2.75, 3.05) is 13.2 Å². The van der Waals surface area contributed by atoms with Crippen LogP contribution in [-0.4, -0.2) is 23.3 Å². The van der Waals surface area contributed by atoms with E-state index in [9.17, 15) is 0 Å². The summed E-state index contributed by atoms with van der Waals surface area (Å²) in [5, 5.41) is 7.47. The van der Waals surface area contributed by atoms with Gasteiger partial charge in [0.1, 0.15) is 6.61 Å². The molecule has 5 heteroatoms. The summed E-state index contributed by atoms with van der Waals surface area (Å²) < 4.78 is 10.6. The maximum absolute atomic E-state index is 5.31. The van der Waals surface area contributed by atoms with E-state index in [1.54, 1.807) is 0 Å². The first-order valence-corrected chi connectivity index (χ1v) is 7.51. The van der Waals surface area contributed by atoms with Gasteiger partial charge < -0.3 is 14.6 Å². The smallest absolute Gasteiger partial charge is 0.228 e. The van der Waals surface area contributed by atoms with E-state index in [0.717, 1.165) is 13.0 Å².